The number of nitrogens with zero attached hydrogens (tertiary/aromatic N) is 1. The number of ether oxygens (including phenoxy) is 3. The van der Waals surface area contributed by atoms with Crippen LogP contribution in [0, 0.1) is 5.92 Å². The number of carbonyl (C=O) groups is 2. The molecule has 0 saturated carbocycles. The zero-order chi connectivity index (χ0) is 20.1. The quantitative estimate of drug-likeness (QED) is 0.492. The molecular formula is C22H25NO5. The molecule has 0 spiro atoms. The summed E-state index contributed by atoms with van der Waals surface area (Å²) in [5, 5.41) is 0. The number of benzene rings is 2. The number of likely N-dealkylation sites (tertiary alicyclic amines) is 1. The molecule has 6 heteroatoms. The SMILES string of the molecule is COc1ccc(CN2C(=O)[C@H]([C@@H](C)OC=O)[C@H]2Cc2cccc(OC)c2)cc1. The van der Waals surface area contributed by atoms with Crippen molar-refractivity contribution in [1.29, 1.82) is 0 Å². The van der Waals surface area contributed by atoms with Gasteiger partial charge in [-0.05, 0) is 48.7 Å². The predicted molar refractivity (Wildman–Crippen MR) is 104 cm³/mol. The molecule has 1 heterocycles. The molecule has 0 aromatic heterocycles. The first-order valence-corrected chi connectivity index (χ1v) is 9.22. The molecule has 0 radical (unpaired) electrons. The number of rotatable bonds is 9. The highest BCUT2D eigenvalue weighted by Gasteiger charge is 2.50. The zero-order valence-corrected chi connectivity index (χ0v) is 16.3. The van der Waals surface area contributed by atoms with Gasteiger partial charge in [0.15, 0.2) is 0 Å². The maximum absolute atomic E-state index is 12.8. The standard InChI is InChI=1S/C22H25NO5/c1-15(28-14-24)21-20(12-17-5-4-6-19(11-17)27-3)23(22(21)25)13-16-7-9-18(26-2)10-8-16/h4-11,14-15,20-21H,12-13H2,1-3H3/t15-,20-,21-/m1/s1. The van der Waals surface area contributed by atoms with Crippen molar-refractivity contribution in [3.63, 3.8) is 0 Å². The third-order valence-corrected chi connectivity index (χ3v) is 5.25. The molecule has 0 N–H and O–H groups in total. The fourth-order valence-electron chi connectivity index (χ4n) is 3.72. The summed E-state index contributed by atoms with van der Waals surface area (Å²) in [5.74, 6) is 1.20. The molecule has 3 rings (SSSR count). The smallest absolute Gasteiger partial charge is 0.293 e. The first-order chi connectivity index (χ1) is 13.6. The van der Waals surface area contributed by atoms with Crippen LogP contribution in [-0.4, -0.2) is 43.6 Å². The Balaban J connectivity index is 1.80. The Morgan fingerprint density at radius 3 is 2.39 bits per heavy atom. The highest BCUT2D eigenvalue weighted by atomic mass is 16.5. The van der Waals surface area contributed by atoms with Gasteiger partial charge in [0.05, 0.1) is 26.2 Å². The summed E-state index contributed by atoms with van der Waals surface area (Å²) < 4.78 is 15.6. The third-order valence-electron chi connectivity index (χ3n) is 5.25. The number of β-lactam (4-membered cyclic amide) rings is 1. The normalized spacial score (nSPS) is 19.5. The topological polar surface area (TPSA) is 65.1 Å². The van der Waals surface area contributed by atoms with Crippen molar-refractivity contribution in [2.75, 3.05) is 14.2 Å². The minimum Gasteiger partial charge on any atom is -0.497 e. The van der Waals surface area contributed by atoms with Gasteiger partial charge in [-0.15, -0.1) is 0 Å². The second kappa shape index (κ2) is 8.78. The highest BCUT2D eigenvalue weighted by Crippen LogP contribution is 2.35. The van der Waals surface area contributed by atoms with Crippen LogP contribution in [0.4, 0.5) is 0 Å². The van der Waals surface area contributed by atoms with Crippen molar-refractivity contribution in [2.24, 2.45) is 5.92 Å². The summed E-state index contributed by atoms with van der Waals surface area (Å²) in [5.41, 5.74) is 2.09. The molecule has 1 aliphatic heterocycles. The predicted octanol–water partition coefficient (Wildman–Crippen LogP) is 2.84. The Morgan fingerprint density at radius 2 is 1.75 bits per heavy atom. The highest BCUT2D eigenvalue weighted by molar-refractivity contribution is 5.87. The van der Waals surface area contributed by atoms with Crippen molar-refractivity contribution >= 4 is 12.4 Å². The lowest BCUT2D eigenvalue weighted by Gasteiger charge is -2.49. The average molecular weight is 383 g/mol. The molecule has 0 bridgehead atoms. The minimum absolute atomic E-state index is 0.00179. The van der Waals surface area contributed by atoms with E-state index in [4.69, 9.17) is 14.2 Å². The Bertz CT molecular complexity index is 820. The van der Waals surface area contributed by atoms with E-state index in [0.29, 0.717) is 19.4 Å². The van der Waals surface area contributed by atoms with Gasteiger partial charge in [-0.1, -0.05) is 24.3 Å². The maximum Gasteiger partial charge on any atom is 0.293 e. The average Bonchev–Trinajstić information content (AvgIpc) is 2.72. The number of hydrogen-bond acceptors (Lipinski definition) is 5. The molecule has 148 valence electrons. The van der Waals surface area contributed by atoms with Crippen LogP contribution in [0.5, 0.6) is 11.5 Å². The molecule has 1 amide bonds. The molecule has 0 unspecified atom stereocenters. The molecule has 1 aliphatic rings. The van der Waals surface area contributed by atoms with E-state index in [0.717, 1.165) is 22.6 Å². The second-order valence-electron chi connectivity index (χ2n) is 6.90. The molecule has 0 aliphatic carbocycles. The van der Waals surface area contributed by atoms with Crippen LogP contribution < -0.4 is 9.47 Å². The monoisotopic (exact) mass is 383 g/mol. The molecule has 1 saturated heterocycles. The largest absolute Gasteiger partial charge is 0.497 e. The van der Waals surface area contributed by atoms with Gasteiger partial charge < -0.3 is 19.1 Å². The van der Waals surface area contributed by atoms with Gasteiger partial charge >= 0.3 is 0 Å². The lowest BCUT2D eigenvalue weighted by Crippen LogP contribution is -2.64. The number of methoxy groups -OCH3 is 2. The van der Waals surface area contributed by atoms with E-state index in [9.17, 15) is 9.59 Å². The number of hydrogen-bond donors (Lipinski definition) is 0. The van der Waals surface area contributed by atoms with Gasteiger partial charge in [0.2, 0.25) is 5.91 Å². The van der Waals surface area contributed by atoms with E-state index in [2.05, 4.69) is 0 Å². The van der Waals surface area contributed by atoms with Crippen molar-refractivity contribution < 1.29 is 23.8 Å². The third kappa shape index (κ3) is 4.11. The van der Waals surface area contributed by atoms with Crippen molar-refractivity contribution in [2.45, 2.75) is 32.0 Å². The molecule has 2 aromatic carbocycles. The first kappa shape index (κ1) is 19.7. The van der Waals surface area contributed by atoms with E-state index in [1.807, 2.05) is 53.4 Å². The molecule has 6 nitrogen and oxygen atoms in total. The molecular weight excluding hydrogens is 358 g/mol. The molecule has 3 atom stereocenters. The number of amides is 1. The first-order valence-electron chi connectivity index (χ1n) is 9.22. The second-order valence-corrected chi connectivity index (χ2v) is 6.90. The molecule has 2 aromatic rings. The zero-order valence-electron chi connectivity index (χ0n) is 16.3. The van der Waals surface area contributed by atoms with Crippen LogP contribution in [-0.2, 0) is 27.3 Å². The summed E-state index contributed by atoms with van der Waals surface area (Å²) in [6.45, 7) is 2.68. The van der Waals surface area contributed by atoms with Crippen molar-refractivity contribution in [3.05, 3.63) is 59.7 Å². The fourth-order valence-corrected chi connectivity index (χ4v) is 3.72. The summed E-state index contributed by atoms with van der Waals surface area (Å²) >= 11 is 0. The van der Waals surface area contributed by atoms with Gasteiger partial charge in [0.25, 0.3) is 6.47 Å². The molecule has 28 heavy (non-hydrogen) atoms. The summed E-state index contributed by atoms with van der Waals surface area (Å²) in [4.78, 5) is 25.4. The summed E-state index contributed by atoms with van der Waals surface area (Å²) in [7, 11) is 3.25. The molecule has 1 fully saturated rings. The van der Waals surface area contributed by atoms with Crippen molar-refractivity contribution in [1.82, 2.24) is 4.90 Å². The van der Waals surface area contributed by atoms with Gasteiger partial charge in [-0.25, -0.2) is 0 Å². The van der Waals surface area contributed by atoms with Crippen molar-refractivity contribution in [3.8, 4) is 11.5 Å². The number of carbonyl (C=O) groups excluding carboxylic acids is 2. The van der Waals surface area contributed by atoms with Crippen LogP contribution in [0.15, 0.2) is 48.5 Å². The van der Waals surface area contributed by atoms with E-state index in [1.54, 1.807) is 21.1 Å². The summed E-state index contributed by atoms with van der Waals surface area (Å²) in [6, 6.07) is 15.4. The Hall–Kier alpha value is -3.02. The minimum atomic E-state index is -0.465. The maximum atomic E-state index is 12.8. The van der Waals surface area contributed by atoms with E-state index >= 15 is 0 Å². The van der Waals surface area contributed by atoms with E-state index in [-0.39, 0.29) is 17.9 Å². The van der Waals surface area contributed by atoms with Crippen LogP contribution in [0.25, 0.3) is 0 Å². The van der Waals surface area contributed by atoms with Gasteiger partial charge in [-0.2, -0.15) is 0 Å². The van der Waals surface area contributed by atoms with Gasteiger partial charge in [0.1, 0.15) is 17.6 Å². The lowest BCUT2D eigenvalue weighted by atomic mass is 9.79. The van der Waals surface area contributed by atoms with Gasteiger partial charge in [0, 0.05) is 6.54 Å². The Labute approximate surface area is 165 Å². The van der Waals surface area contributed by atoms with Gasteiger partial charge in [-0.3, -0.25) is 9.59 Å². The van der Waals surface area contributed by atoms with E-state index < -0.39 is 6.10 Å². The van der Waals surface area contributed by atoms with Crippen LogP contribution in [0.3, 0.4) is 0 Å². The lowest BCUT2D eigenvalue weighted by molar-refractivity contribution is -0.169. The Morgan fingerprint density at radius 1 is 1.04 bits per heavy atom. The Kier molecular flexibility index (Phi) is 6.19. The van der Waals surface area contributed by atoms with E-state index in [1.165, 1.54) is 0 Å². The fraction of sp³-hybridized carbons (Fsp3) is 0.364. The van der Waals surface area contributed by atoms with Crippen LogP contribution >= 0.6 is 0 Å². The summed E-state index contributed by atoms with van der Waals surface area (Å²) in [6.07, 6.45) is 0.198. The van der Waals surface area contributed by atoms with Crippen LogP contribution in [0.2, 0.25) is 0 Å². The van der Waals surface area contributed by atoms with Crippen LogP contribution in [0.1, 0.15) is 18.1 Å².